The van der Waals surface area contributed by atoms with Crippen LogP contribution in [0.25, 0.3) is 5.69 Å². The van der Waals surface area contributed by atoms with Crippen molar-refractivity contribution < 1.29 is 9.18 Å². The minimum absolute atomic E-state index is 0.00415. The number of carbonyl (C=O) groups excluding carboxylic acids is 1. The van der Waals surface area contributed by atoms with Crippen molar-refractivity contribution in [2.45, 2.75) is 25.2 Å². The molecule has 6 nitrogen and oxygen atoms in total. The first-order valence-electron chi connectivity index (χ1n) is 9.76. The molecular formula is C22H23FN4O2. The second-order valence-corrected chi connectivity index (χ2v) is 7.40. The number of benzene rings is 2. The Labute approximate surface area is 168 Å². The summed E-state index contributed by atoms with van der Waals surface area (Å²) in [5, 5.41) is 4.48. The number of likely N-dealkylation sites (tertiary alicyclic amines) is 1. The van der Waals surface area contributed by atoms with Gasteiger partial charge in [0.05, 0.1) is 12.1 Å². The number of hydrogen-bond donors (Lipinski definition) is 0. The molecule has 1 aliphatic rings. The summed E-state index contributed by atoms with van der Waals surface area (Å²) < 4.78 is 16.4. The first kappa shape index (κ1) is 19.1. The van der Waals surface area contributed by atoms with Gasteiger partial charge in [-0.1, -0.05) is 30.3 Å². The third kappa shape index (κ3) is 3.99. The molecule has 29 heavy (non-hydrogen) atoms. The van der Waals surface area contributed by atoms with E-state index in [2.05, 4.69) is 5.10 Å². The summed E-state index contributed by atoms with van der Waals surface area (Å²) in [7, 11) is 1.66. The minimum atomic E-state index is -0.331. The zero-order valence-electron chi connectivity index (χ0n) is 16.3. The molecule has 1 saturated heterocycles. The lowest BCUT2D eigenvalue weighted by Crippen LogP contribution is -2.39. The van der Waals surface area contributed by atoms with Crippen LogP contribution in [0.3, 0.4) is 0 Å². The van der Waals surface area contributed by atoms with Crippen LogP contribution in [0.2, 0.25) is 0 Å². The fourth-order valence-electron chi connectivity index (χ4n) is 3.89. The van der Waals surface area contributed by atoms with E-state index in [4.69, 9.17) is 0 Å². The highest BCUT2D eigenvalue weighted by atomic mass is 19.1. The minimum Gasteiger partial charge on any atom is -0.342 e. The van der Waals surface area contributed by atoms with E-state index in [1.807, 2.05) is 35.2 Å². The maximum Gasteiger partial charge on any atom is 0.350 e. The number of piperidine rings is 1. The van der Waals surface area contributed by atoms with Crippen LogP contribution in [0, 0.1) is 5.82 Å². The van der Waals surface area contributed by atoms with Gasteiger partial charge in [-0.05, 0) is 42.7 Å². The fraction of sp³-hybridized carbons (Fsp3) is 0.318. The second kappa shape index (κ2) is 8.03. The Morgan fingerprint density at radius 3 is 2.52 bits per heavy atom. The number of halogens is 1. The first-order chi connectivity index (χ1) is 14.0. The number of hydrogen-bond acceptors (Lipinski definition) is 3. The SMILES string of the molecule is Cn1nc(C2CCN(C(=O)Cc3cccc(F)c3)CC2)n(-c2ccccc2)c1=O. The summed E-state index contributed by atoms with van der Waals surface area (Å²) in [6.45, 7) is 1.19. The average molecular weight is 394 g/mol. The Morgan fingerprint density at radius 1 is 1.10 bits per heavy atom. The topological polar surface area (TPSA) is 60.1 Å². The summed E-state index contributed by atoms with van der Waals surface area (Å²) >= 11 is 0. The Bertz CT molecular complexity index is 1070. The molecule has 0 unspecified atom stereocenters. The van der Waals surface area contributed by atoms with Crippen LogP contribution in [0.5, 0.6) is 0 Å². The zero-order valence-corrected chi connectivity index (χ0v) is 16.3. The Hall–Kier alpha value is -3.22. The van der Waals surface area contributed by atoms with Gasteiger partial charge in [0.2, 0.25) is 5.91 Å². The van der Waals surface area contributed by atoms with Crippen molar-refractivity contribution in [3.05, 3.63) is 82.3 Å². The molecule has 0 bridgehead atoms. The van der Waals surface area contributed by atoms with Crippen molar-refractivity contribution in [3.8, 4) is 5.69 Å². The highest BCUT2D eigenvalue weighted by Gasteiger charge is 2.28. The van der Waals surface area contributed by atoms with Crippen molar-refractivity contribution in [2.24, 2.45) is 7.05 Å². The van der Waals surface area contributed by atoms with E-state index in [0.717, 1.165) is 24.4 Å². The van der Waals surface area contributed by atoms with E-state index in [9.17, 15) is 14.0 Å². The molecule has 1 amide bonds. The Balaban J connectivity index is 1.47. The van der Waals surface area contributed by atoms with Crippen LogP contribution in [-0.4, -0.2) is 38.2 Å². The van der Waals surface area contributed by atoms with Gasteiger partial charge >= 0.3 is 5.69 Å². The lowest BCUT2D eigenvalue weighted by Gasteiger charge is -2.31. The van der Waals surface area contributed by atoms with Crippen LogP contribution in [0.1, 0.15) is 30.1 Å². The van der Waals surface area contributed by atoms with Gasteiger partial charge in [-0.3, -0.25) is 4.79 Å². The number of amides is 1. The molecule has 0 aliphatic carbocycles. The van der Waals surface area contributed by atoms with E-state index in [0.29, 0.717) is 18.7 Å². The molecule has 0 atom stereocenters. The lowest BCUT2D eigenvalue weighted by molar-refractivity contribution is -0.131. The molecule has 0 saturated carbocycles. The van der Waals surface area contributed by atoms with E-state index >= 15 is 0 Å². The molecule has 2 heterocycles. The van der Waals surface area contributed by atoms with Gasteiger partial charge in [0.15, 0.2) is 0 Å². The number of nitrogens with zero attached hydrogens (tertiary/aromatic N) is 4. The first-order valence-corrected chi connectivity index (χ1v) is 9.76. The second-order valence-electron chi connectivity index (χ2n) is 7.40. The van der Waals surface area contributed by atoms with E-state index in [-0.39, 0.29) is 29.8 Å². The number of aryl methyl sites for hydroxylation is 1. The Morgan fingerprint density at radius 2 is 1.83 bits per heavy atom. The predicted molar refractivity (Wildman–Crippen MR) is 107 cm³/mol. The normalized spacial score (nSPS) is 14.9. The smallest absolute Gasteiger partial charge is 0.342 e. The third-order valence-corrected chi connectivity index (χ3v) is 5.42. The molecule has 7 heteroatoms. The van der Waals surface area contributed by atoms with Crippen LogP contribution in [-0.2, 0) is 18.3 Å². The van der Waals surface area contributed by atoms with Crippen molar-refractivity contribution in [2.75, 3.05) is 13.1 Å². The lowest BCUT2D eigenvalue weighted by atomic mass is 9.95. The van der Waals surface area contributed by atoms with Crippen LogP contribution in [0.4, 0.5) is 4.39 Å². The average Bonchev–Trinajstić information content (AvgIpc) is 3.03. The molecule has 150 valence electrons. The van der Waals surface area contributed by atoms with Crippen molar-refractivity contribution in [1.82, 2.24) is 19.2 Å². The summed E-state index contributed by atoms with van der Waals surface area (Å²) in [5.41, 5.74) is 1.31. The highest BCUT2D eigenvalue weighted by Crippen LogP contribution is 2.28. The summed E-state index contributed by atoms with van der Waals surface area (Å²) in [5.74, 6) is 0.502. The van der Waals surface area contributed by atoms with Gasteiger partial charge in [0.25, 0.3) is 0 Å². The van der Waals surface area contributed by atoms with Gasteiger partial charge in [-0.2, -0.15) is 5.10 Å². The monoisotopic (exact) mass is 394 g/mol. The molecule has 3 aromatic rings. The number of carbonyl (C=O) groups is 1. The molecule has 1 aliphatic heterocycles. The summed E-state index contributed by atoms with van der Waals surface area (Å²) in [6.07, 6.45) is 1.66. The quantitative estimate of drug-likeness (QED) is 0.684. The maximum atomic E-state index is 13.3. The van der Waals surface area contributed by atoms with Gasteiger partial charge in [0, 0.05) is 26.1 Å². The molecule has 0 radical (unpaired) electrons. The third-order valence-electron chi connectivity index (χ3n) is 5.42. The molecular weight excluding hydrogens is 371 g/mol. The van der Waals surface area contributed by atoms with Crippen molar-refractivity contribution in [3.63, 3.8) is 0 Å². The van der Waals surface area contributed by atoms with Crippen LogP contribution >= 0.6 is 0 Å². The van der Waals surface area contributed by atoms with Crippen molar-refractivity contribution >= 4 is 5.91 Å². The number of rotatable bonds is 4. The molecule has 0 spiro atoms. The Kier molecular flexibility index (Phi) is 5.29. The van der Waals surface area contributed by atoms with E-state index in [1.165, 1.54) is 16.8 Å². The largest absolute Gasteiger partial charge is 0.350 e. The summed E-state index contributed by atoms with van der Waals surface area (Å²) in [4.78, 5) is 27.0. The van der Waals surface area contributed by atoms with Gasteiger partial charge in [0.1, 0.15) is 11.6 Å². The van der Waals surface area contributed by atoms with E-state index in [1.54, 1.807) is 23.7 Å². The van der Waals surface area contributed by atoms with Gasteiger partial charge < -0.3 is 4.90 Å². The summed E-state index contributed by atoms with van der Waals surface area (Å²) in [6, 6.07) is 15.6. The van der Waals surface area contributed by atoms with Crippen molar-refractivity contribution in [1.29, 1.82) is 0 Å². The van der Waals surface area contributed by atoms with Gasteiger partial charge in [-0.15, -0.1) is 0 Å². The maximum absolute atomic E-state index is 13.3. The van der Waals surface area contributed by atoms with Crippen LogP contribution in [0.15, 0.2) is 59.4 Å². The van der Waals surface area contributed by atoms with Crippen LogP contribution < -0.4 is 5.69 Å². The highest BCUT2D eigenvalue weighted by molar-refractivity contribution is 5.78. The zero-order chi connectivity index (χ0) is 20.4. The molecule has 4 rings (SSSR count). The fourth-order valence-corrected chi connectivity index (χ4v) is 3.89. The standard InChI is InChI=1S/C22H23FN4O2/c1-25-22(29)27(19-8-3-2-4-9-19)21(24-25)17-10-12-26(13-11-17)20(28)15-16-6-5-7-18(23)14-16/h2-9,14,17H,10-13,15H2,1H3. The van der Waals surface area contributed by atoms with E-state index < -0.39 is 0 Å². The molecule has 1 fully saturated rings. The number of para-hydroxylation sites is 1. The number of aromatic nitrogens is 3. The van der Waals surface area contributed by atoms with Gasteiger partial charge in [-0.25, -0.2) is 18.4 Å². The molecule has 0 N–H and O–H groups in total. The molecule has 1 aromatic heterocycles. The molecule has 2 aromatic carbocycles. The predicted octanol–water partition coefficient (Wildman–Crippen LogP) is 2.66.